The number of rotatable bonds is 8. The third kappa shape index (κ3) is 7.51. The number of carbonyl (C=O) groups is 2. The van der Waals surface area contributed by atoms with E-state index < -0.39 is 0 Å². The van der Waals surface area contributed by atoms with Crippen LogP contribution >= 0.6 is 23.6 Å². The first-order valence-corrected chi connectivity index (χ1v) is 13.5. The van der Waals surface area contributed by atoms with E-state index in [2.05, 4.69) is 50.5 Å². The SMILES string of the molecule is CCOC(=O)c1c(NC(=S)NC(=O)CCCOc2ccc(C(C)(C)C)cc2)sc2c1CCC(C)C2. The Morgan fingerprint density at radius 3 is 2.57 bits per heavy atom. The van der Waals surface area contributed by atoms with Gasteiger partial charge in [0.25, 0.3) is 0 Å². The second-order valence-electron chi connectivity index (χ2n) is 10.0. The summed E-state index contributed by atoms with van der Waals surface area (Å²) in [5.41, 5.74) is 2.95. The predicted octanol–water partition coefficient (Wildman–Crippen LogP) is 6.02. The number of anilines is 1. The van der Waals surface area contributed by atoms with Crippen LogP contribution in [-0.4, -0.2) is 30.2 Å². The second-order valence-corrected chi connectivity index (χ2v) is 11.5. The van der Waals surface area contributed by atoms with E-state index in [4.69, 9.17) is 21.7 Å². The van der Waals surface area contributed by atoms with Gasteiger partial charge in [-0.15, -0.1) is 11.3 Å². The van der Waals surface area contributed by atoms with Crippen LogP contribution in [0, 0.1) is 5.92 Å². The summed E-state index contributed by atoms with van der Waals surface area (Å²) < 4.78 is 11.1. The Morgan fingerprint density at radius 1 is 1.20 bits per heavy atom. The van der Waals surface area contributed by atoms with Crippen LogP contribution in [-0.2, 0) is 27.8 Å². The largest absolute Gasteiger partial charge is 0.494 e. The highest BCUT2D eigenvalue weighted by Gasteiger charge is 2.29. The maximum absolute atomic E-state index is 12.6. The molecular formula is C27H36N2O4S2. The summed E-state index contributed by atoms with van der Waals surface area (Å²) in [6, 6.07) is 8.06. The fraction of sp³-hybridized carbons (Fsp3) is 0.519. The molecule has 6 nitrogen and oxygen atoms in total. The first kappa shape index (κ1) is 27.1. The van der Waals surface area contributed by atoms with Gasteiger partial charge in [-0.05, 0) is 79.4 Å². The summed E-state index contributed by atoms with van der Waals surface area (Å²) in [6.45, 7) is 11.3. The molecule has 2 aromatic rings. The minimum atomic E-state index is -0.344. The average molecular weight is 517 g/mol. The van der Waals surface area contributed by atoms with E-state index in [1.807, 2.05) is 12.1 Å². The number of nitrogens with one attached hydrogen (secondary N) is 2. The Labute approximate surface area is 217 Å². The Morgan fingerprint density at radius 2 is 1.91 bits per heavy atom. The lowest BCUT2D eigenvalue weighted by molar-refractivity contribution is -0.119. The number of fused-ring (bicyclic) bond motifs is 1. The fourth-order valence-corrected chi connectivity index (χ4v) is 5.74. The number of hydrogen-bond donors (Lipinski definition) is 2. The van der Waals surface area contributed by atoms with Gasteiger partial charge in [0.05, 0.1) is 18.8 Å². The normalized spacial score (nSPS) is 15.2. The summed E-state index contributed by atoms with van der Waals surface area (Å²) >= 11 is 6.89. The number of esters is 1. The van der Waals surface area contributed by atoms with Crippen LogP contribution in [0.1, 0.15) is 80.2 Å². The van der Waals surface area contributed by atoms with E-state index in [0.29, 0.717) is 36.1 Å². The molecule has 0 aliphatic heterocycles. The summed E-state index contributed by atoms with van der Waals surface area (Å²) in [4.78, 5) is 26.2. The van der Waals surface area contributed by atoms with E-state index in [9.17, 15) is 9.59 Å². The molecule has 1 amide bonds. The smallest absolute Gasteiger partial charge is 0.341 e. The Balaban J connectivity index is 1.49. The molecule has 1 unspecified atom stereocenters. The van der Waals surface area contributed by atoms with E-state index in [1.54, 1.807) is 6.92 Å². The highest BCUT2D eigenvalue weighted by atomic mass is 32.1. The molecule has 0 radical (unpaired) electrons. The van der Waals surface area contributed by atoms with Crippen LogP contribution in [0.3, 0.4) is 0 Å². The van der Waals surface area contributed by atoms with Crippen molar-refractivity contribution in [3.05, 3.63) is 45.8 Å². The van der Waals surface area contributed by atoms with Crippen LogP contribution in [0.2, 0.25) is 0 Å². The molecule has 1 aliphatic carbocycles. The van der Waals surface area contributed by atoms with Gasteiger partial charge in [-0.2, -0.15) is 0 Å². The standard InChI is InChI=1S/C27H36N2O4S2/c1-6-32-25(31)23-20-14-9-17(2)16-21(20)35-24(23)29-26(34)28-22(30)8-7-15-33-19-12-10-18(11-13-19)27(3,4)5/h10-13,17H,6-9,14-16H2,1-5H3,(H2,28,29,30,34). The second kappa shape index (κ2) is 12.0. The number of carbonyl (C=O) groups excluding carboxylic acids is 2. The van der Waals surface area contributed by atoms with E-state index >= 15 is 0 Å². The van der Waals surface area contributed by atoms with Crippen molar-refractivity contribution >= 4 is 45.5 Å². The van der Waals surface area contributed by atoms with Crippen molar-refractivity contribution in [2.45, 2.75) is 72.1 Å². The van der Waals surface area contributed by atoms with Crippen LogP contribution in [0.4, 0.5) is 5.00 Å². The third-order valence-electron chi connectivity index (χ3n) is 6.01. The molecule has 1 atom stereocenters. The van der Waals surface area contributed by atoms with Crippen molar-refractivity contribution in [3.8, 4) is 5.75 Å². The van der Waals surface area contributed by atoms with Crippen LogP contribution in [0.25, 0.3) is 0 Å². The van der Waals surface area contributed by atoms with Gasteiger partial charge in [-0.3, -0.25) is 4.79 Å². The summed E-state index contributed by atoms with van der Waals surface area (Å²) in [5.74, 6) is 0.832. The number of ether oxygens (including phenoxy) is 2. The number of hydrogen-bond acceptors (Lipinski definition) is 6. The number of thiophene rings is 1. The first-order valence-electron chi connectivity index (χ1n) is 12.2. The van der Waals surface area contributed by atoms with Crippen molar-refractivity contribution < 1.29 is 19.1 Å². The fourth-order valence-electron chi connectivity index (χ4n) is 4.06. The van der Waals surface area contributed by atoms with Gasteiger partial charge in [0.1, 0.15) is 10.8 Å². The Bertz CT molecular complexity index is 1050. The molecule has 1 heterocycles. The van der Waals surface area contributed by atoms with Gasteiger partial charge in [0.15, 0.2) is 5.11 Å². The highest BCUT2D eigenvalue weighted by Crippen LogP contribution is 2.40. The molecular weight excluding hydrogens is 480 g/mol. The molecule has 190 valence electrons. The maximum atomic E-state index is 12.6. The van der Waals surface area contributed by atoms with Gasteiger partial charge in [-0.25, -0.2) is 4.79 Å². The lowest BCUT2D eigenvalue weighted by Gasteiger charge is -2.19. The molecule has 2 N–H and O–H groups in total. The maximum Gasteiger partial charge on any atom is 0.341 e. The molecule has 1 aromatic carbocycles. The van der Waals surface area contributed by atoms with Crippen LogP contribution in [0.5, 0.6) is 5.75 Å². The summed E-state index contributed by atoms with van der Waals surface area (Å²) in [5, 5.41) is 6.63. The Hall–Kier alpha value is -2.45. The molecule has 8 heteroatoms. The van der Waals surface area contributed by atoms with E-state index in [1.165, 1.54) is 21.8 Å². The number of amides is 1. The summed E-state index contributed by atoms with van der Waals surface area (Å²) in [6.07, 6.45) is 3.67. The van der Waals surface area contributed by atoms with Crippen molar-refractivity contribution in [3.63, 3.8) is 0 Å². The average Bonchev–Trinajstić information content (AvgIpc) is 3.13. The van der Waals surface area contributed by atoms with Gasteiger partial charge in [-0.1, -0.05) is 39.8 Å². The van der Waals surface area contributed by atoms with Gasteiger partial charge >= 0.3 is 5.97 Å². The predicted molar refractivity (Wildman–Crippen MR) is 146 cm³/mol. The van der Waals surface area contributed by atoms with E-state index in [0.717, 1.165) is 30.6 Å². The van der Waals surface area contributed by atoms with Gasteiger partial charge in [0.2, 0.25) is 5.91 Å². The zero-order valence-electron chi connectivity index (χ0n) is 21.3. The lowest BCUT2D eigenvalue weighted by atomic mass is 9.87. The van der Waals surface area contributed by atoms with Crippen LogP contribution < -0.4 is 15.4 Å². The molecule has 0 saturated heterocycles. The monoisotopic (exact) mass is 516 g/mol. The molecule has 0 saturated carbocycles. The lowest BCUT2D eigenvalue weighted by Crippen LogP contribution is -2.34. The quantitative estimate of drug-likeness (QED) is 0.254. The zero-order valence-corrected chi connectivity index (χ0v) is 22.9. The van der Waals surface area contributed by atoms with E-state index in [-0.39, 0.29) is 28.8 Å². The molecule has 35 heavy (non-hydrogen) atoms. The van der Waals surface area contributed by atoms with Crippen molar-refractivity contribution in [2.75, 3.05) is 18.5 Å². The molecule has 0 bridgehead atoms. The molecule has 1 aliphatic rings. The topological polar surface area (TPSA) is 76.7 Å². The molecule has 1 aromatic heterocycles. The Kier molecular flexibility index (Phi) is 9.30. The van der Waals surface area contributed by atoms with Crippen molar-refractivity contribution in [1.29, 1.82) is 0 Å². The molecule has 0 spiro atoms. The zero-order chi connectivity index (χ0) is 25.6. The minimum absolute atomic E-state index is 0.0982. The van der Waals surface area contributed by atoms with Gasteiger partial charge in [0, 0.05) is 11.3 Å². The molecule has 3 rings (SSSR count). The van der Waals surface area contributed by atoms with Crippen LogP contribution in [0.15, 0.2) is 24.3 Å². The highest BCUT2D eigenvalue weighted by molar-refractivity contribution is 7.80. The van der Waals surface area contributed by atoms with Crippen molar-refractivity contribution in [1.82, 2.24) is 5.32 Å². The summed E-state index contributed by atoms with van der Waals surface area (Å²) in [7, 11) is 0. The van der Waals surface area contributed by atoms with Gasteiger partial charge < -0.3 is 20.1 Å². The molecule has 0 fully saturated rings. The third-order valence-corrected chi connectivity index (χ3v) is 7.38. The number of thiocarbonyl (C=S) groups is 1. The minimum Gasteiger partial charge on any atom is -0.494 e. The first-order chi connectivity index (χ1) is 16.6. The number of benzene rings is 1. The van der Waals surface area contributed by atoms with Crippen molar-refractivity contribution in [2.24, 2.45) is 5.92 Å².